The number of fused-ring (bicyclic) bond motifs is 4. The Balaban J connectivity index is 1.20. The van der Waals surface area contributed by atoms with Crippen LogP contribution < -0.4 is 20.4 Å². The number of nitrogens with zero attached hydrogens (tertiary/aromatic N) is 5. The van der Waals surface area contributed by atoms with E-state index in [1.165, 1.54) is 0 Å². The van der Waals surface area contributed by atoms with Crippen LogP contribution in [0.25, 0.3) is 86.2 Å². The normalized spacial score (nSPS) is 12.5. The second-order valence-corrected chi connectivity index (χ2v) is 18.3. The van der Waals surface area contributed by atoms with Gasteiger partial charge in [-0.15, -0.1) is 0 Å². The standard InChI is InChI=1S/C69H59N5O2/c1-9-15-24-49(10-2)72-66(14-6)61(59-29-22-23-30-67(59)72)44-48(8)71(53-33-39-57(76)40-34-53)55-36-42-69-63(46-55)62-45-54(35-41-68(62)74(69)51-27-20-17-21-28-51)70(52-31-37-56(75)38-32-52)47(7)43-60-58(11-3)64(12-4)73(65(60)13-5)50-25-18-16-19-26-50/h9-46,75-76H,2-5,8H2,1,6-7H3/b15-9-,47-43+,49-24+,61-44-,66-14+. The van der Waals surface area contributed by atoms with Gasteiger partial charge < -0.3 is 33.7 Å². The molecule has 3 aromatic heterocycles. The lowest BCUT2D eigenvalue weighted by molar-refractivity contribution is 0.475. The van der Waals surface area contributed by atoms with E-state index in [0.717, 1.165) is 117 Å². The summed E-state index contributed by atoms with van der Waals surface area (Å²) in [7, 11) is 0. The van der Waals surface area contributed by atoms with E-state index in [9.17, 15) is 10.2 Å². The minimum Gasteiger partial charge on any atom is -0.508 e. The maximum Gasteiger partial charge on any atom is 0.115 e. The van der Waals surface area contributed by atoms with Gasteiger partial charge in [-0.05, 0) is 172 Å². The fraction of sp³-hybridized carbons (Fsp3) is 0.0435. The Labute approximate surface area is 444 Å². The van der Waals surface area contributed by atoms with E-state index in [1.54, 1.807) is 24.3 Å². The molecule has 10 aromatic rings. The number of benzene rings is 7. The Morgan fingerprint density at radius 1 is 0.526 bits per heavy atom. The smallest absolute Gasteiger partial charge is 0.115 e. The van der Waals surface area contributed by atoms with Crippen molar-refractivity contribution in [1.29, 1.82) is 0 Å². The van der Waals surface area contributed by atoms with Crippen molar-refractivity contribution in [3.8, 4) is 22.9 Å². The maximum atomic E-state index is 10.6. The third-order valence-corrected chi connectivity index (χ3v) is 13.9. The van der Waals surface area contributed by atoms with Crippen LogP contribution in [0.15, 0.2) is 238 Å². The van der Waals surface area contributed by atoms with Crippen molar-refractivity contribution in [2.24, 2.45) is 0 Å². The maximum absolute atomic E-state index is 10.6. The van der Waals surface area contributed by atoms with Gasteiger partial charge in [-0.1, -0.05) is 112 Å². The first-order valence-electron chi connectivity index (χ1n) is 25.3. The van der Waals surface area contributed by atoms with Gasteiger partial charge in [0.1, 0.15) is 11.5 Å². The molecule has 0 radical (unpaired) electrons. The predicted molar refractivity (Wildman–Crippen MR) is 325 cm³/mol. The minimum atomic E-state index is 0.168. The zero-order valence-corrected chi connectivity index (χ0v) is 43.1. The first-order chi connectivity index (χ1) is 37.1. The highest BCUT2D eigenvalue weighted by molar-refractivity contribution is 6.12. The van der Waals surface area contributed by atoms with Gasteiger partial charge in [0.2, 0.25) is 0 Å². The molecule has 0 fully saturated rings. The molecule has 0 saturated carbocycles. The molecule has 0 saturated heterocycles. The average molecular weight is 990 g/mol. The molecule has 76 heavy (non-hydrogen) atoms. The summed E-state index contributed by atoms with van der Waals surface area (Å²) in [5, 5.41) is 26.3. The number of aromatic hydroxyl groups is 2. The molecular weight excluding hydrogens is 931 g/mol. The highest BCUT2D eigenvalue weighted by atomic mass is 16.3. The fourth-order valence-electron chi connectivity index (χ4n) is 10.6. The van der Waals surface area contributed by atoms with Crippen LogP contribution in [0.4, 0.5) is 22.7 Å². The number of para-hydroxylation sites is 3. The van der Waals surface area contributed by atoms with Crippen LogP contribution in [0, 0.1) is 0 Å². The lowest BCUT2D eigenvalue weighted by atomic mass is 10.1. The van der Waals surface area contributed by atoms with Gasteiger partial charge in [-0.3, -0.25) is 0 Å². The average Bonchev–Trinajstić information content (AvgIpc) is 4.13. The van der Waals surface area contributed by atoms with Gasteiger partial charge in [0, 0.05) is 89.1 Å². The second-order valence-electron chi connectivity index (χ2n) is 18.3. The van der Waals surface area contributed by atoms with E-state index >= 15 is 0 Å². The first-order valence-corrected chi connectivity index (χ1v) is 25.3. The van der Waals surface area contributed by atoms with Gasteiger partial charge in [-0.2, -0.15) is 0 Å². The number of aromatic nitrogens is 3. The summed E-state index contributed by atoms with van der Waals surface area (Å²) >= 11 is 0. The largest absolute Gasteiger partial charge is 0.508 e. The Morgan fingerprint density at radius 2 is 1.04 bits per heavy atom. The molecule has 372 valence electrons. The van der Waals surface area contributed by atoms with Crippen molar-refractivity contribution >= 4 is 97.6 Å². The molecule has 0 aliphatic heterocycles. The Kier molecular flexibility index (Phi) is 13.9. The number of phenols is 2. The summed E-state index contributed by atoms with van der Waals surface area (Å²) in [6, 6.07) is 56.7. The zero-order chi connectivity index (χ0) is 53.0. The highest BCUT2D eigenvalue weighted by Gasteiger charge is 2.23. The van der Waals surface area contributed by atoms with Gasteiger partial charge >= 0.3 is 0 Å². The van der Waals surface area contributed by atoms with E-state index in [1.807, 2.05) is 91.9 Å². The number of allylic oxidation sites excluding steroid dienone is 7. The molecule has 7 aromatic carbocycles. The SMILES string of the molecule is C=C/C(=C\C=C/C)n1c(=C/C)/c(=C\C(=C)N(c2ccc(O)cc2)c2ccc3c(c2)c2cc(N(/C(C)=C/c4c(C=C)c(C=C)n(-c5ccccc5)c4C=C)c4ccc(O)cc4)ccc2n3-c2ccccc2)c2ccccc21. The number of hydrogen-bond acceptors (Lipinski definition) is 4. The fourth-order valence-corrected chi connectivity index (χ4v) is 10.6. The number of anilines is 4. The Hall–Kier alpha value is -9.98. The van der Waals surface area contributed by atoms with E-state index in [-0.39, 0.29) is 11.5 Å². The molecule has 0 amide bonds. The third kappa shape index (κ3) is 8.90. The molecule has 0 aliphatic rings. The van der Waals surface area contributed by atoms with Crippen molar-refractivity contribution in [3.05, 3.63) is 272 Å². The van der Waals surface area contributed by atoms with Crippen molar-refractivity contribution in [2.45, 2.75) is 20.8 Å². The topological polar surface area (TPSA) is 61.7 Å². The van der Waals surface area contributed by atoms with E-state index < -0.39 is 0 Å². The molecule has 0 atom stereocenters. The van der Waals surface area contributed by atoms with Crippen LogP contribution in [0.3, 0.4) is 0 Å². The molecule has 2 N–H and O–H groups in total. The molecule has 0 unspecified atom stereocenters. The van der Waals surface area contributed by atoms with E-state index in [2.05, 4.69) is 185 Å². The summed E-state index contributed by atoms with van der Waals surface area (Å²) in [6.45, 7) is 27.9. The first kappa shape index (κ1) is 49.6. The second kappa shape index (κ2) is 21.2. The van der Waals surface area contributed by atoms with Gasteiger partial charge in [0.05, 0.1) is 27.9 Å². The molecular formula is C69H59N5O2. The van der Waals surface area contributed by atoms with E-state index in [4.69, 9.17) is 6.58 Å². The lowest BCUT2D eigenvalue weighted by Gasteiger charge is -2.27. The van der Waals surface area contributed by atoms with Crippen molar-refractivity contribution < 1.29 is 10.2 Å². The summed E-state index contributed by atoms with van der Waals surface area (Å²) in [4.78, 5) is 4.36. The van der Waals surface area contributed by atoms with Crippen LogP contribution in [-0.2, 0) is 0 Å². The van der Waals surface area contributed by atoms with Crippen LogP contribution in [0.2, 0.25) is 0 Å². The van der Waals surface area contributed by atoms with Crippen LogP contribution in [0.5, 0.6) is 11.5 Å². The molecule has 7 nitrogen and oxygen atoms in total. The Morgan fingerprint density at radius 3 is 1.58 bits per heavy atom. The summed E-state index contributed by atoms with van der Waals surface area (Å²) < 4.78 is 6.71. The quantitative estimate of drug-likeness (QED) is 0.0947. The lowest BCUT2D eigenvalue weighted by Crippen LogP contribution is -2.29. The number of phenolic OH excluding ortho intramolecular Hbond substituents is 2. The molecule has 10 rings (SSSR count). The molecule has 7 heteroatoms. The van der Waals surface area contributed by atoms with Crippen LogP contribution >= 0.6 is 0 Å². The number of rotatable bonds is 16. The highest BCUT2D eigenvalue weighted by Crippen LogP contribution is 2.42. The van der Waals surface area contributed by atoms with E-state index in [0.29, 0.717) is 0 Å². The summed E-state index contributed by atoms with van der Waals surface area (Å²) in [5.74, 6) is 0.342. The Bertz CT molecular complexity index is 4120. The van der Waals surface area contributed by atoms with Gasteiger partial charge in [-0.25, -0.2) is 0 Å². The van der Waals surface area contributed by atoms with Crippen molar-refractivity contribution in [1.82, 2.24) is 13.7 Å². The van der Waals surface area contributed by atoms with Crippen LogP contribution in [-0.4, -0.2) is 23.9 Å². The molecule has 3 heterocycles. The minimum absolute atomic E-state index is 0.168. The molecule has 0 bridgehead atoms. The van der Waals surface area contributed by atoms with Gasteiger partial charge in [0.25, 0.3) is 0 Å². The van der Waals surface area contributed by atoms with Gasteiger partial charge in [0.15, 0.2) is 0 Å². The monoisotopic (exact) mass is 989 g/mol. The predicted octanol–water partition coefficient (Wildman–Crippen LogP) is 16.6. The molecule has 0 aliphatic carbocycles. The molecule has 0 spiro atoms. The number of hydrogen-bond donors (Lipinski definition) is 2. The zero-order valence-electron chi connectivity index (χ0n) is 43.1. The third-order valence-electron chi connectivity index (χ3n) is 13.9. The summed E-state index contributed by atoms with van der Waals surface area (Å²) in [5.41, 5.74) is 14.9. The van der Waals surface area contributed by atoms with Crippen molar-refractivity contribution in [2.75, 3.05) is 9.80 Å². The van der Waals surface area contributed by atoms with Crippen molar-refractivity contribution in [3.63, 3.8) is 0 Å². The van der Waals surface area contributed by atoms with Crippen LogP contribution in [0.1, 0.15) is 43.3 Å². The summed E-state index contributed by atoms with van der Waals surface area (Å²) in [6.07, 6.45) is 20.1.